The molecule has 2 rings (SSSR count). The first-order chi connectivity index (χ1) is 8.35. The monoisotopic (exact) mass is 233 g/mol. The Kier molecular flexibility index (Phi) is 4.57. The second kappa shape index (κ2) is 6.18. The average molecular weight is 233 g/mol. The van der Waals surface area contributed by atoms with Gasteiger partial charge in [-0.1, -0.05) is 30.3 Å². The van der Waals surface area contributed by atoms with Crippen LogP contribution in [-0.4, -0.2) is 19.8 Å². The fourth-order valence-electron chi connectivity index (χ4n) is 2.67. The quantitative estimate of drug-likeness (QED) is 0.848. The minimum absolute atomic E-state index is 0.354. The summed E-state index contributed by atoms with van der Waals surface area (Å²) >= 11 is 0. The van der Waals surface area contributed by atoms with Crippen LogP contribution in [0.2, 0.25) is 0 Å². The maximum absolute atomic E-state index is 5.96. The number of aryl methyl sites for hydroxylation is 1. The highest BCUT2D eigenvalue weighted by atomic mass is 16.5. The van der Waals surface area contributed by atoms with Crippen molar-refractivity contribution >= 4 is 0 Å². The molecule has 0 radical (unpaired) electrons. The van der Waals surface area contributed by atoms with Gasteiger partial charge >= 0.3 is 0 Å². The molecule has 1 saturated heterocycles. The minimum Gasteiger partial charge on any atom is -0.381 e. The Hall–Kier alpha value is -0.860. The molecule has 1 aliphatic rings. The van der Waals surface area contributed by atoms with Crippen LogP contribution in [0.5, 0.6) is 0 Å². The Morgan fingerprint density at radius 1 is 1.12 bits per heavy atom. The number of hydrogen-bond acceptors (Lipinski definition) is 2. The van der Waals surface area contributed by atoms with Crippen LogP contribution < -0.4 is 5.73 Å². The fraction of sp³-hybridized carbons (Fsp3) is 0.600. The van der Waals surface area contributed by atoms with Crippen LogP contribution >= 0.6 is 0 Å². The summed E-state index contributed by atoms with van der Waals surface area (Å²) in [6.07, 6.45) is 5.92. The third-order valence-electron chi connectivity index (χ3n) is 4.00. The van der Waals surface area contributed by atoms with Gasteiger partial charge in [0.05, 0.1) is 0 Å². The lowest BCUT2D eigenvalue weighted by molar-refractivity contribution is 0.0138. The van der Waals surface area contributed by atoms with Crippen LogP contribution in [0.3, 0.4) is 0 Å². The maximum atomic E-state index is 5.96. The van der Waals surface area contributed by atoms with Gasteiger partial charge in [0.15, 0.2) is 0 Å². The van der Waals surface area contributed by atoms with Crippen molar-refractivity contribution in [3.8, 4) is 0 Å². The molecule has 0 aromatic heterocycles. The lowest BCUT2D eigenvalue weighted by atomic mass is 9.76. The van der Waals surface area contributed by atoms with Crippen LogP contribution in [0.25, 0.3) is 0 Å². The lowest BCUT2D eigenvalue weighted by Gasteiger charge is -2.36. The maximum Gasteiger partial charge on any atom is 0.0471 e. The second-order valence-corrected chi connectivity index (χ2v) is 5.16. The van der Waals surface area contributed by atoms with E-state index in [-0.39, 0.29) is 0 Å². The van der Waals surface area contributed by atoms with Gasteiger partial charge in [0.1, 0.15) is 0 Å². The fourth-order valence-corrected chi connectivity index (χ4v) is 2.67. The summed E-state index contributed by atoms with van der Waals surface area (Å²) in [4.78, 5) is 0. The van der Waals surface area contributed by atoms with Gasteiger partial charge in [-0.2, -0.15) is 0 Å². The summed E-state index contributed by atoms with van der Waals surface area (Å²) in [5, 5.41) is 0. The molecule has 0 aliphatic carbocycles. The van der Waals surface area contributed by atoms with Crippen molar-refractivity contribution < 1.29 is 4.74 Å². The topological polar surface area (TPSA) is 35.2 Å². The van der Waals surface area contributed by atoms with Gasteiger partial charge in [0.25, 0.3) is 0 Å². The van der Waals surface area contributed by atoms with Crippen molar-refractivity contribution in [3.05, 3.63) is 35.9 Å². The van der Waals surface area contributed by atoms with Crippen molar-refractivity contribution in [1.29, 1.82) is 0 Å². The highest BCUT2D eigenvalue weighted by Gasteiger charge is 2.30. The van der Waals surface area contributed by atoms with E-state index in [1.165, 1.54) is 24.8 Å². The molecule has 0 unspecified atom stereocenters. The largest absolute Gasteiger partial charge is 0.381 e. The standard InChI is InChI=1S/C15H23NO/c16-13-15(9-11-17-12-10-15)8-4-7-14-5-2-1-3-6-14/h1-3,5-6H,4,7-13,16H2. The normalized spacial score (nSPS) is 19.1. The summed E-state index contributed by atoms with van der Waals surface area (Å²) in [7, 11) is 0. The Labute approximate surface area is 104 Å². The van der Waals surface area contributed by atoms with Crippen molar-refractivity contribution in [3.63, 3.8) is 0 Å². The highest BCUT2D eigenvalue weighted by Crippen LogP contribution is 2.34. The first-order valence-corrected chi connectivity index (χ1v) is 6.66. The SMILES string of the molecule is NCC1(CCCc2ccccc2)CCOCC1. The van der Waals surface area contributed by atoms with E-state index < -0.39 is 0 Å². The van der Waals surface area contributed by atoms with Crippen molar-refractivity contribution in [1.82, 2.24) is 0 Å². The molecule has 2 N–H and O–H groups in total. The summed E-state index contributed by atoms with van der Waals surface area (Å²) in [5.74, 6) is 0. The van der Waals surface area contributed by atoms with E-state index in [2.05, 4.69) is 30.3 Å². The molecule has 1 fully saturated rings. The van der Waals surface area contributed by atoms with E-state index in [1.54, 1.807) is 0 Å². The van der Waals surface area contributed by atoms with Gasteiger partial charge in [-0.05, 0) is 49.6 Å². The predicted octanol–water partition coefficient (Wildman–Crippen LogP) is 2.76. The molecule has 0 saturated carbocycles. The van der Waals surface area contributed by atoms with Gasteiger partial charge in [0.2, 0.25) is 0 Å². The van der Waals surface area contributed by atoms with E-state index in [0.717, 1.165) is 32.6 Å². The molecular formula is C15H23NO. The Morgan fingerprint density at radius 2 is 1.82 bits per heavy atom. The van der Waals surface area contributed by atoms with Gasteiger partial charge in [-0.3, -0.25) is 0 Å². The van der Waals surface area contributed by atoms with E-state index in [1.807, 2.05) is 0 Å². The first kappa shape index (κ1) is 12.6. The van der Waals surface area contributed by atoms with Gasteiger partial charge < -0.3 is 10.5 Å². The molecule has 94 valence electrons. The minimum atomic E-state index is 0.354. The molecule has 0 atom stereocenters. The van der Waals surface area contributed by atoms with Crippen LogP contribution in [0.15, 0.2) is 30.3 Å². The van der Waals surface area contributed by atoms with E-state index in [9.17, 15) is 0 Å². The van der Waals surface area contributed by atoms with Crippen LogP contribution in [-0.2, 0) is 11.2 Å². The van der Waals surface area contributed by atoms with Crippen molar-refractivity contribution in [2.24, 2.45) is 11.1 Å². The molecule has 1 aromatic carbocycles. The van der Waals surface area contributed by atoms with Gasteiger partial charge in [-0.15, -0.1) is 0 Å². The summed E-state index contributed by atoms with van der Waals surface area (Å²) in [6, 6.07) is 10.7. The molecule has 1 aromatic rings. The third kappa shape index (κ3) is 3.55. The molecule has 2 nitrogen and oxygen atoms in total. The average Bonchev–Trinajstić information content (AvgIpc) is 2.41. The van der Waals surface area contributed by atoms with E-state index in [0.29, 0.717) is 5.41 Å². The van der Waals surface area contributed by atoms with Crippen LogP contribution in [0.1, 0.15) is 31.2 Å². The van der Waals surface area contributed by atoms with E-state index >= 15 is 0 Å². The zero-order chi connectivity index (χ0) is 12.0. The molecular weight excluding hydrogens is 210 g/mol. The summed E-state index contributed by atoms with van der Waals surface area (Å²) < 4.78 is 5.44. The van der Waals surface area contributed by atoms with Crippen LogP contribution in [0, 0.1) is 5.41 Å². The molecule has 1 aliphatic heterocycles. The van der Waals surface area contributed by atoms with Crippen molar-refractivity contribution in [2.75, 3.05) is 19.8 Å². The van der Waals surface area contributed by atoms with Crippen molar-refractivity contribution in [2.45, 2.75) is 32.1 Å². The highest BCUT2D eigenvalue weighted by molar-refractivity contribution is 5.14. The smallest absolute Gasteiger partial charge is 0.0471 e. The predicted molar refractivity (Wildman–Crippen MR) is 70.9 cm³/mol. The van der Waals surface area contributed by atoms with Gasteiger partial charge in [0, 0.05) is 13.2 Å². The number of ether oxygens (including phenoxy) is 1. The molecule has 2 heteroatoms. The molecule has 1 heterocycles. The Balaban J connectivity index is 1.80. The lowest BCUT2D eigenvalue weighted by Crippen LogP contribution is -2.36. The Morgan fingerprint density at radius 3 is 2.47 bits per heavy atom. The van der Waals surface area contributed by atoms with Crippen LogP contribution in [0.4, 0.5) is 0 Å². The third-order valence-corrected chi connectivity index (χ3v) is 4.00. The zero-order valence-electron chi connectivity index (χ0n) is 10.5. The van der Waals surface area contributed by atoms with Gasteiger partial charge in [-0.25, -0.2) is 0 Å². The molecule has 0 spiro atoms. The Bertz CT molecular complexity index is 317. The molecule has 17 heavy (non-hydrogen) atoms. The summed E-state index contributed by atoms with van der Waals surface area (Å²) in [6.45, 7) is 2.59. The van der Waals surface area contributed by atoms with E-state index in [4.69, 9.17) is 10.5 Å². The number of hydrogen-bond donors (Lipinski definition) is 1. The first-order valence-electron chi connectivity index (χ1n) is 6.66. The second-order valence-electron chi connectivity index (χ2n) is 5.16. The molecule has 0 amide bonds. The number of nitrogens with two attached hydrogens (primary N) is 1. The molecule has 0 bridgehead atoms. The zero-order valence-corrected chi connectivity index (χ0v) is 10.5. The summed E-state index contributed by atoms with van der Waals surface area (Å²) in [5.41, 5.74) is 7.75. The number of benzene rings is 1. The number of rotatable bonds is 5.